The average Bonchev–Trinajstić information content (AvgIpc) is 2.41. The smallest absolute Gasteiger partial charge is 0.420 e. The van der Waals surface area contributed by atoms with Gasteiger partial charge in [-0.3, -0.25) is 4.79 Å². The second-order valence-electron chi connectivity index (χ2n) is 3.54. The molecule has 0 aliphatic carbocycles. The lowest BCUT2D eigenvalue weighted by Crippen LogP contribution is -2.29. The summed E-state index contributed by atoms with van der Waals surface area (Å²) in [5.41, 5.74) is -1.30. The van der Waals surface area contributed by atoms with Crippen molar-refractivity contribution in [1.82, 2.24) is 5.32 Å². The van der Waals surface area contributed by atoms with Crippen molar-refractivity contribution in [2.75, 3.05) is 13.2 Å². The highest BCUT2D eigenvalue weighted by Gasteiger charge is 2.34. The number of nitriles is 2. The number of amides is 1. The zero-order valence-electron chi connectivity index (χ0n) is 9.99. The maximum atomic E-state index is 12.8. The number of ether oxygens (including phenoxy) is 1. The van der Waals surface area contributed by atoms with E-state index in [1.54, 1.807) is 12.1 Å². The van der Waals surface area contributed by atoms with Crippen molar-refractivity contribution >= 4 is 5.91 Å². The third kappa shape index (κ3) is 4.18. The van der Waals surface area contributed by atoms with Crippen molar-refractivity contribution in [1.29, 1.82) is 10.5 Å². The molecule has 0 saturated heterocycles. The topological polar surface area (TPSA) is 85.9 Å². The molecule has 20 heavy (non-hydrogen) atoms. The molecule has 0 saturated carbocycles. The lowest BCUT2D eigenvalue weighted by atomic mass is 10.1. The van der Waals surface area contributed by atoms with Crippen LogP contribution in [0.5, 0.6) is 5.75 Å². The molecule has 1 aromatic rings. The fraction of sp³-hybridized carbons (Fsp3) is 0.250. The largest absolute Gasteiger partial charge is 0.483 e. The summed E-state index contributed by atoms with van der Waals surface area (Å²) in [6.45, 7) is -0.918. The number of carbonyl (C=O) groups excluding carboxylic acids is 1. The summed E-state index contributed by atoms with van der Waals surface area (Å²) in [6.07, 6.45) is -4.70. The van der Waals surface area contributed by atoms with Crippen LogP contribution < -0.4 is 10.1 Å². The number of nitrogens with zero attached hydrogens (tertiary/aromatic N) is 2. The zero-order chi connectivity index (χ0) is 15.2. The van der Waals surface area contributed by atoms with Gasteiger partial charge in [-0.2, -0.15) is 23.7 Å². The minimum absolute atomic E-state index is 0.168. The maximum absolute atomic E-state index is 12.8. The van der Waals surface area contributed by atoms with Crippen LogP contribution >= 0.6 is 0 Å². The first-order valence-electron chi connectivity index (χ1n) is 5.26. The van der Waals surface area contributed by atoms with Gasteiger partial charge in [-0.1, -0.05) is 0 Å². The van der Waals surface area contributed by atoms with Crippen LogP contribution in [0.1, 0.15) is 11.1 Å². The molecule has 0 heterocycles. The van der Waals surface area contributed by atoms with Crippen molar-refractivity contribution in [2.45, 2.75) is 6.18 Å². The predicted molar refractivity (Wildman–Crippen MR) is 60.3 cm³/mol. The van der Waals surface area contributed by atoms with Crippen molar-refractivity contribution in [3.63, 3.8) is 0 Å². The number of benzene rings is 1. The average molecular weight is 283 g/mol. The van der Waals surface area contributed by atoms with Gasteiger partial charge in [-0.05, 0) is 18.2 Å². The van der Waals surface area contributed by atoms with E-state index in [9.17, 15) is 18.0 Å². The molecule has 0 spiro atoms. The second kappa shape index (κ2) is 6.43. The number of alkyl halides is 3. The molecular weight excluding hydrogens is 275 g/mol. The van der Waals surface area contributed by atoms with Gasteiger partial charge in [-0.15, -0.1) is 0 Å². The number of rotatable bonds is 4. The highest BCUT2D eigenvalue weighted by atomic mass is 19.4. The third-order valence-electron chi connectivity index (χ3n) is 2.14. The molecule has 0 fully saturated rings. The van der Waals surface area contributed by atoms with Crippen molar-refractivity contribution in [3.05, 3.63) is 29.3 Å². The molecule has 104 valence electrons. The fourth-order valence-corrected chi connectivity index (χ4v) is 1.28. The van der Waals surface area contributed by atoms with Crippen LogP contribution in [0.25, 0.3) is 0 Å². The molecule has 0 aliphatic rings. The summed E-state index contributed by atoms with van der Waals surface area (Å²) in [5.74, 6) is -1.27. The Labute approximate surface area is 112 Å². The first-order chi connectivity index (χ1) is 9.38. The Morgan fingerprint density at radius 2 is 2.05 bits per heavy atom. The van der Waals surface area contributed by atoms with E-state index in [2.05, 4.69) is 5.32 Å². The van der Waals surface area contributed by atoms with E-state index in [0.717, 1.165) is 12.1 Å². The summed E-state index contributed by atoms with van der Waals surface area (Å²) >= 11 is 0. The van der Waals surface area contributed by atoms with Crippen molar-refractivity contribution in [3.8, 4) is 17.9 Å². The van der Waals surface area contributed by atoms with Gasteiger partial charge in [0.2, 0.25) is 0 Å². The normalized spacial score (nSPS) is 10.2. The van der Waals surface area contributed by atoms with E-state index in [4.69, 9.17) is 15.3 Å². The van der Waals surface area contributed by atoms with Crippen LogP contribution in [0, 0.1) is 22.7 Å². The summed E-state index contributed by atoms with van der Waals surface area (Å²) in [7, 11) is 0. The van der Waals surface area contributed by atoms with Crippen LogP contribution in [0.3, 0.4) is 0 Å². The first kappa shape index (κ1) is 15.3. The van der Waals surface area contributed by atoms with Gasteiger partial charge >= 0.3 is 6.18 Å². The standard InChI is InChI=1S/C12H8F3N3O2/c13-12(14,15)9-5-8(6-17)1-2-10(9)20-7-11(19)18-4-3-16/h1-2,5H,4,7H2,(H,18,19). The SMILES string of the molecule is N#CCNC(=O)COc1ccc(C#N)cc1C(F)(F)F. The molecule has 1 N–H and O–H groups in total. The minimum atomic E-state index is -4.70. The molecule has 0 unspecified atom stereocenters. The Hall–Kier alpha value is -2.74. The minimum Gasteiger partial charge on any atom is -0.483 e. The molecule has 1 amide bonds. The zero-order valence-corrected chi connectivity index (χ0v) is 9.99. The van der Waals surface area contributed by atoms with Gasteiger partial charge < -0.3 is 10.1 Å². The number of halogens is 3. The molecule has 0 atom stereocenters. The van der Waals surface area contributed by atoms with Crippen LogP contribution in [-0.4, -0.2) is 19.1 Å². The van der Waals surface area contributed by atoms with E-state index in [1.165, 1.54) is 0 Å². The van der Waals surface area contributed by atoms with E-state index < -0.39 is 30.0 Å². The van der Waals surface area contributed by atoms with Gasteiger partial charge in [0.25, 0.3) is 5.91 Å². The lowest BCUT2D eigenvalue weighted by Gasteiger charge is -2.13. The Kier molecular flexibility index (Phi) is 4.93. The van der Waals surface area contributed by atoms with Gasteiger partial charge in [0.1, 0.15) is 12.3 Å². The van der Waals surface area contributed by atoms with E-state index in [-0.39, 0.29) is 12.1 Å². The quantitative estimate of drug-likeness (QED) is 0.850. The second-order valence-corrected chi connectivity index (χ2v) is 3.54. The van der Waals surface area contributed by atoms with E-state index in [1.807, 2.05) is 0 Å². The van der Waals surface area contributed by atoms with E-state index >= 15 is 0 Å². The molecule has 5 nitrogen and oxygen atoms in total. The number of hydrogen-bond acceptors (Lipinski definition) is 4. The maximum Gasteiger partial charge on any atom is 0.420 e. The number of nitrogens with one attached hydrogen (secondary N) is 1. The Bertz CT molecular complexity index is 585. The molecule has 1 rings (SSSR count). The molecule has 8 heteroatoms. The van der Waals surface area contributed by atoms with E-state index in [0.29, 0.717) is 6.07 Å². The summed E-state index contributed by atoms with van der Waals surface area (Å²) < 4.78 is 43.0. The summed E-state index contributed by atoms with van der Waals surface area (Å²) in [4.78, 5) is 11.1. The Morgan fingerprint density at radius 1 is 1.35 bits per heavy atom. The van der Waals surface area contributed by atoms with Gasteiger partial charge in [-0.25, -0.2) is 0 Å². The highest BCUT2D eigenvalue weighted by molar-refractivity contribution is 5.77. The predicted octanol–water partition coefficient (Wildman–Crippen LogP) is 1.60. The molecule has 0 radical (unpaired) electrons. The van der Waals surface area contributed by atoms with Crippen LogP contribution in [0.15, 0.2) is 18.2 Å². The van der Waals surface area contributed by atoms with Gasteiger partial charge in [0.15, 0.2) is 6.61 Å². The number of carbonyl (C=O) groups is 1. The Balaban J connectivity index is 2.88. The van der Waals surface area contributed by atoms with Crippen LogP contribution in [-0.2, 0) is 11.0 Å². The summed E-state index contributed by atoms with van der Waals surface area (Å²) in [5, 5.41) is 18.9. The highest BCUT2D eigenvalue weighted by Crippen LogP contribution is 2.36. The fourth-order valence-electron chi connectivity index (χ4n) is 1.28. The lowest BCUT2D eigenvalue weighted by molar-refractivity contribution is -0.139. The number of hydrogen-bond donors (Lipinski definition) is 1. The van der Waals surface area contributed by atoms with Crippen LogP contribution in [0.2, 0.25) is 0 Å². The molecule has 0 aliphatic heterocycles. The molecule has 1 aromatic carbocycles. The van der Waals surface area contributed by atoms with Gasteiger partial charge in [0, 0.05) is 0 Å². The third-order valence-corrected chi connectivity index (χ3v) is 2.14. The molecule has 0 bridgehead atoms. The van der Waals surface area contributed by atoms with Gasteiger partial charge in [0.05, 0.1) is 23.3 Å². The molecular formula is C12H8F3N3O2. The first-order valence-corrected chi connectivity index (χ1v) is 5.26. The monoisotopic (exact) mass is 283 g/mol. The van der Waals surface area contributed by atoms with Crippen molar-refractivity contribution < 1.29 is 22.7 Å². The van der Waals surface area contributed by atoms with Crippen LogP contribution in [0.4, 0.5) is 13.2 Å². The Morgan fingerprint density at radius 3 is 2.60 bits per heavy atom. The summed E-state index contributed by atoms with van der Waals surface area (Å²) in [6, 6.07) is 6.00. The molecule has 0 aromatic heterocycles. The van der Waals surface area contributed by atoms with Crippen molar-refractivity contribution in [2.24, 2.45) is 0 Å².